The van der Waals surface area contributed by atoms with Crippen molar-refractivity contribution in [3.05, 3.63) is 48.0 Å². The molecule has 3 N–H and O–H groups in total. The van der Waals surface area contributed by atoms with Crippen molar-refractivity contribution < 1.29 is 38.1 Å². The summed E-state index contributed by atoms with van der Waals surface area (Å²) in [6, 6.07) is 11.1. The van der Waals surface area contributed by atoms with Crippen molar-refractivity contribution >= 4 is 35.8 Å². The van der Waals surface area contributed by atoms with Gasteiger partial charge in [-0.3, -0.25) is 9.69 Å². The first-order chi connectivity index (χ1) is 19.5. The third kappa shape index (κ3) is 5.07. The van der Waals surface area contributed by atoms with Gasteiger partial charge in [-0.1, -0.05) is 30.3 Å². The third-order valence-electron chi connectivity index (χ3n) is 7.59. The van der Waals surface area contributed by atoms with E-state index in [0.717, 1.165) is 5.56 Å². The van der Waals surface area contributed by atoms with Crippen LogP contribution in [0.4, 0.5) is 26.0 Å². The van der Waals surface area contributed by atoms with Crippen LogP contribution < -0.4 is 25.6 Å². The second-order valence-corrected chi connectivity index (χ2v) is 11.6. The second kappa shape index (κ2) is 9.82. The van der Waals surface area contributed by atoms with Crippen molar-refractivity contribution in [2.75, 3.05) is 16.8 Å². The third-order valence-corrected chi connectivity index (χ3v) is 7.59. The van der Waals surface area contributed by atoms with Gasteiger partial charge in [-0.05, 0) is 51.3 Å². The van der Waals surface area contributed by atoms with Gasteiger partial charge < -0.3 is 34.9 Å². The molecule has 41 heavy (non-hydrogen) atoms. The van der Waals surface area contributed by atoms with Crippen molar-refractivity contribution in [3.8, 4) is 5.75 Å². The Morgan fingerprint density at radius 2 is 1.88 bits per heavy atom. The molecule has 3 fully saturated rings. The summed E-state index contributed by atoms with van der Waals surface area (Å²) < 4.78 is 22.3. The van der Waals surface area contributed by atoms with Crippen molar-refractivity contribution in [2.45, 2.75) is 69.5 Å². The summed E-state index contributed by atoms with van der Waals surface area (Å²) in [6.07, 6.45) is -1.10. The predicted octanol–water partition coefficient (Wildman–Crippen LogP) is 3.09. The lowest BCUT2D eigenvalue weighted by molar-refractivity contribution is -0.118. The number of aromatic nitrogens is 1. The number of amides is 4. The number of alkyl carbamates (subject to hydrolysis) is 2. The molecule has 1 saturated heterocycles. The van der Waals surface area contributed by atoms with Crippen LogP contribution >= 0.6 is 0 Å². The molecule has 13 nitrogen and oxygen atoms in total. The van der Waals surface area contributed by atoms with Gasteiger partial charge >= 0.3 is 18.3 Å². The zero-order chi connectivity index (χ0) is 28.9. The van der Waals surface area contributed by atoms with E-state index in [1.165, 1.54) is 4.90 Å². The zero-order valence-corrected chi connectivity index (χ0v) is 22.8. The first kappa shape index (κ1) is 26.7. The molecule has 1 aromatic carbocycles. The Hall–Kier alpha value is -4.55. The Balaban J connectivity index is 1.21. The zero-order valence-electron chi connectivity index (χ0n) is 22.8. The van der Waals surface area contributed by atoms with Crippen LogP contribution in [0.3, 0.4) is 0 Å². The molecule has 3 heterocycles. The quantitative estimate of drug-likeness (QED) is 0.464. The average molecular weight is 566 g/mol. The molecule has 4 amide bonds. The van der Waals surface area contributed by atoms with E-state index in [2.05, 4.69) is 20.9 Å². The Labute approximate surface area is 235 Å². The number of fused-ring (bicyclic) bond motifs is 2. The predicted molar refractivity (Wildman–Crippen MR) is 143 cm³/mol. The average Bonchev–Trinajstić information content (AvgIpc) is 3.41. The molecule has 0 bridgehead atoms. The highest BCUT2D eigenvalue weighted by molar-refractivity contribution is 5.96. The van der Waals surface area contributed by atoms with Crippen LogP contribution in [0.5, 0.6) is 5.75 Å². The van der Waals surface area contributed by atoms with Gasteiger partial charge in [0.2, 0.25) is 0 Å². The molecule has 2 aromatic rings. The van der Waals surface area contributed by atoms with Gasteiger partial charge in [0.25, 0.3) is 5.91 Å². The number of anilines is 2. The van der Waals surface area contributed by atoms with E-state index in [4.69, 9.17) is 18.9 Å². The van der Waals surface area contributed by atoms with Gasteiger partial charge in [-0.2, -0.15) is 0 Å². The molecule has 2 saturated carbocycles. The van der Waals surface area contributed by atoms with Gasteiger partial charge in [0, 0.05) is 12.0 Å². The number of nitrogens with one attached hydrogen (secondary N) is 3. The van der Waals surface area contributed by atoms with E-state index < -0.39 is 41.6 Å². The number of benzene rings is 1. The standard InChI is InChI=1S/C28H31N5O8/c1-27(2,3)40-25(36)30-19-12-16(29-24(35)39-13-15-7-5-4-6-8-15)11-17-22-28(17,19)41-26(37)33(22)20-10-9-18-23(31-20)32-21(34)14-38-18/h4-10,16-17,19,22H,11-14H2,1-3H3,(H,29,35)(H,30,36)(H,31,32,34)/t16-,17?,19+,22?,28-/m0/s1. The Kier molecular flexibility index (Phi) is 6.39. The van der Waals surface area contributed by atoms with Gasteiger partial charge in [-0.15, -0.1) is 0 Å². The molecular weight excluding hydrogens is 534 g/mol. The lowest BCUT2D eigenvalue weighted by Crippen LogP contribution is -2.55. The molecule has 2 aliphatic heterocycles. The van der Waals surface area contributed by atoms with Crippen molar-refractivity contribution in [3.63, 3.8) is 0 Å². The summed E-state index contributed by atoms with van der Waals surface area (Å²) in [7, 11) is 0. The first-order valence-corrected chi connectivity index (χ1v) is 13.5. The Bertz CT molecular complexity index is 1400. The molecule has 216 valence electrons. The lowest BCUT2D eigenvalue weighted by atomic mass is 9.88. The molecule has 2 aliphatic carbocycles. The number of nitrogens with zero attached hydrogens (tertiary/aromatic N) is 2. The number of carbonyl (C=O) groups excluding carboxylic acids is 4. The maximum atomic E-state index is 13.1. The molecule has 2 unspecified atom stereocenters. The molecule has 1 spiro atoms. The Morgan fingerprint density at radius 1 is 1.10 bits per heavy atom. The van der Waals surface area contributed by atoms with Crippen LogP contribution in [0.2, 0.25) is 0 Å². The fourth-order valence-corrected chi connectivity index (χ4v) is 5.98. The van der Waals surface area contributed by atoms with Crippen molar-refractivity contribution in [2.24, 2.45) is 5.92 Å². The molecule has 4 aliphatic rings. The molecular formula is C28H31N5O8. The minimum atomic E-state index is -1.03. The van der Waals surface area contributed by atoms with Gasteiger partial charge in [0.05, 0.1) is 12.1 Å². The minimum absolute atomic E-state index is 0.116. The topological polar surface area (TPSA) is 157 Å². The van der Waals surface area contributed by atoms with Crippen LogP contribution in [0.1, 0.15) is 39.2 Å². The van der Waals surface area contributed by atoms with E-state index in [-0.39, 0.29) is 49.1 Å². The van der Waals surface area contributed by atoms with E-state index in [0.29, 0.717) is 12.2 Å². The number of ether oxygens (including phenoxy) is 4. The molecule has 6 rings (SSSR count). The second-order valence-electron chi connectivity index (χ2n) is 11.6. The summed E-state index contributed by atoms with van der Waals surface area (Å²) in [5, 5.41) is 8.44. The summed E-state index contributed by atoms with van der Waals surface area (Å²) in [5.74, 6) is 0.305. The highest BCUT2D eigenvalue weighted by Crippen LogP contribution is 2.63. The lowest BCUT2D eigenvalue weighted by Gasteiger charge is -2.35. The van der Waals surface area contributed by atoms with Gasteiger partial charge in [0.1, 0.15) is 18.0 Å². The van der Waals surface area contributed by atoms with E-state index >= 15 is 0 Å². The Morgan fingerprint density at radius 3 is 2.63 bits per heavy atom. The number of hydrogen-bond acceptors (Lipinski definition) is 9. The first-order valence-electron chi connectivity index (χ1n) is 13.5. The van der Waals surface area contributed by atoms with E-state index in [9.17, 15) is 19.2 Å². The smallest absolute Gasteiger partial charge is 0.416 e. The normalized spacial score (nSPS) is 27.6. The van der Waals surface area contributed by atoms with Crippen LogP contribution in [0.15, 0.2) is 42.5 Å². The SMILES string of the molecule is CC(C)(C)OC(=O)N[C@@H]1C[C@@H](NC(=O)OCc2ccccc2)CC2C3N(c4ccc5c(n4)NC(=O)CO5)C(=O)O[C@]231. The number of carbonyl (C=O) groups is 4. The highest BCUT2D eigenvalue weighted by atomic mass is 16.6. The van der Waals surface area contributed by atoms with Gasteiger partial charge in [0.15, 0.2) is 23.8 Å². The highest BCUT2D eigenvalue weighted by Gasteiger charge is 2.81. The number of rotatable bonds is 5. The number of pyridine rings is 1. The van der Waals surface area contributed by atoms with Gasteiger partial charge in [-0.25, -0.2) is 19.4 Å². The fourth-order valence-electron chi connectivity index (χ4n) is 5.98. The maximum absolute atomic E-state index is 13.1. The van der Waals surface area contributed by atoms with Crippen molar-refractivity contribution in [1.82, 2.24) is 15.6 Å². The largest absolute Gasteiger partial charge is 0.480 e. The summed E-state index contributed by atoms with van der Waals surface area (Å²) in [5.41, 5.74) is -0.916. The molecule has 13 heteroatoms. The van der Waals surface area contributed by atoms with Crippen LogP contribution in [-0.2, 0) is 25.6 Å². The molecule has 1 aromatic heterocycles. The van der Waals surface area contributed by atoms with Crippen molar-refractivity contribution in [1.29, 1.82) is 0 Å². The molecule has 0 radical (unpaired) electrons. The number of hydrogen-bond donors (Lipinski definition) is 3. The summed E-state index contributed by atoms with van der Waals surface area (Å²) >= 11 is 0. The monoisotopic (exact) mass is 565 g/mol. The van der Waals surface area contributed by atoms with E-state index in [1.807, 2.05) is 30.3 Å². The van der Waals surface area contributed by atoms with Crippen LogP contribution in [-0.4, -0.2) is 65.1 Å². The maximum Gasteiger partial charge on any atom is 0.416 e. The minimum Gasteiger partial charge on any atom is -0.480 e. The summed E-state index contributed by atoms with van der Waals surface area (Å²) in [6.45, 7) is 5.26. The summed E-state index contributed by atoms with van der Waals surface area (Å²) in [4.78, 5) is 56.3. The van der Waals surface area contributed by atoms with Crippen LogP contribution in [0, 0.1) is 5.92 Å². The van der Waals surface area contributed by atoms with Crippen LogP contribution in [0.25, 0.3) is 0 Å². The van der Waals surface area contributed by atoms with E-state index in [1.54, 1.807) is 32.9 Å². The molecule has 5 atom stereocenters. The fraction of sp³-hybridized carbons (Fsp3) is 0.464.